The van der Waals surface area contributed by atoms with Gasteiger partial charge >= 0.3 is 0 Å². The minimum atomic E-state index is -0.514. The number of anilines is 1. The van der Waals surface area contributed by atoms with E-state index < -0.39 is 11.6 Å². The van der Waals surface area contributed by atoms with E-state index in [1.54, 1.807) is 0 Å². The van der Waals surface area contributed by atoms with Crippen LogP contribution in [0.5, 0.6) is 0 Å². The summed E-state index contributed by atoms with van der Waals surface area (Å²) in [5.41, 5.74) is 3.37. The molecular formula is C22H31F2N. The zero-order chi connectivity index (χ0) is 19.4. The van der Waals surface area contributed by atoms with Crippen molar-refractivity contribution >= 4 is 5.69 Å². The zero-order valence-corrected chi connectivity index (χ0v) is 16.7. The van der Waals surface area contributed by atoms with Crippen LogP contribution in [0.2, 0.25) is 0 Å². The first-order valence-electron chi connectivity index (χ1n) is 8.55. The first-order chi connectivity index (χ1) is 11.3. The van der Waals surface area contributed by atoms with Crippen LogP contribution in [-0.2, 0) is 10.8 Å². The summed E-state index contributed by atoms with van der Waals surface area (Å²) in [4.78, 5) is 2.12. The Hall–Kier alpha value is -1.90. The van der Waals surface area contributed by atoms with Crippen molar-refractivity contribution in [1.29, 1.82) is 0 Å². The van der Waals surface area contributed by atoms with Crippen LogP contribution < -0.4 is 4.90 Å². The molecule has 0 amide bonds. The van der Waals surface area contributed by atoms with E-state index in [-0.39, 0.29) is 10.8 Å². The van der Waals surface area contributed by atoms with Gasteiger partial charge in [0.1, 0.15) is 11.6 Å². The predicted molar refractivity (Wildman–Crippen MR) is 105 cm³/mol. The summed E-state index contributed by atoms with van der Waals surface area (Å²) in [5, 5.41) is 0. The predicted octanol–water partition coefficient (Wildman–Crippen LogP) is 6.31. The lowest BCUT2D eigenvalue weighted by atomic mass is 9.87. The Labute approximate surface area is 151 Å². The lowest BCUT2D eigenvalue weighted by molar-refractivity contribution is 0.545. The first-order valence-corrected chi connectivity index (χ1v) is 8.55. The van der Waals surface area contributed by atoms with E-state index in [4.69, 9.17) is 0 Å². The Morgan fingerprint density at radius 3 is 1.36 bits per heavy atom. The molecule has 2 aromatic rings. The van der Waals surface area contributed by atoms with Gasteiger partial charge in [-0.1, -0.05) is 53.7 Å². The van der Waals surface area contributed by atoms with Gasteiger partial charge in [-0.25, -0.2) is 8.78 Å². The first kappa shape index (κ1) is 21.1. The maximum Gasteiger partial charge on any atom is 0.126 e. The smallest absolute Gasteiger partial charge is 0.126 e. The average Bonchev–Trinajstić information content (AvgIpc) is 2.45. The number of benzene rings is 2. The molecule has 0 unspecified atom stereocenters. The molecule has 0 saturated heterocycles. The third kappa shape index (κ3) is 6.85. The van der Waals surface area contributed by atoms with Crippen molar-refractivity contribution in [2.45, 2.75) is 52.4 Å². The Morgan fingerprint density at radius 1 is 0.640 bits per heavy atom. The largest absolute Gasteiger partial charge is 0.378 e. The average molecular weight is 347 g/mol. The third-order valence-electron chi connectivity index (χ3n) is 3.98. The molecule has 0 fully saturated rings. The van der Waals surface area contributed by atoms with Crippen molar-refractivity contribution in [2.75, 3.05) is 19.0 Å². The molecule has 0 heterocycles. The van der Waals surface area contributed by atoms with E-state index in [9.17, 15) is 8.78 Å². The van der Waals surface area contributed by atoms with E-state index in [1.165, 1.54) is 23.4 Å². The summed E-state index contributed by atoms with van der Waals surface area (Å²) in [5.74, 6) is -1.03. The summed E-state index contributed by atoms with van der Waals surface area (Å²) in [6, 6.07) is 12.4. The zero-order valence-electron chi connectivity index (χ0n) is 16.7. The van der Waals surface area contributed by atoms with Crippen LogP contribution in [0.15, 0.2) is 42.5 Å². The number of halogens is 2. The highest BCUT2D eigenvalue weighted by molar-refractivity contribution is 5.47. The SMILES string of the molecule is CC(C)(C)c1cc(F)cc(F)c1.CN(C)c1ccc(C(C)(C)C)cc1. The Balaban J connectivity index is 0.000000251. The van der Waals surface area contributed by atoms with Gasteiger partial charge in [0.25, 0.3) is 0 Å². The van der Waals surface area contributed by atoms with Gasteiger partial charge in [-0.3, -0.25) is 0 Å². The van der Waals surface area contributed by atoms with Gasteiger partial charge in [0.2, 0.25) is 0 Å². The molecule has 2 rings (SSSR count). The lowest BCUT2D eigenvalue weighted by Crippen LogP contribution is -2.12. The highest BCUT2D eigenvalue weighted by atomic mass is 19.1. The topological polar surface area (TPSA) is 3.24 Å². The molecule has 25 heavy (non-hydrogen) atoms. The van der Waals surface area contributed by atoms with Gasteiger partial charge in [-0.15, -0.1) is 0 Å². The van der Waals surface area contributed by atoms with E-state index in [2.05, 4.69) is 64.0 Å². The van der Waals surface area contributed by atoms with Crippen LogP contribution in [0.1, 0.15) is 52.7 Å². The van der Waals surface area contributed by atoms with Crippen LogP contribution in [0, 0.1) is 11.6 Å². The van der Waals surface area contributed by atoms with Crippen LogP contribution in [0.4, 0.5) is 14.5 Å². The molecule has 138 valence electrons. The van der Waals surface area contributed by atoms with Crippen molar-refractivity contribution in [1.82, 2.24) is 0 Å². The Kier molecular flexibility index (Phi) is 6.75. The summed E-state index contributed by atoms with van der Waals surface area (Å²) in [6.07, 6.45) is 0. The summed E-state index contributed by atoms with van der Waals surface area (Å²) in [7, 11) is 4.12. The van der Waals surface area contributed by atoms with Crippen LogP contribution in [0.3, 0.4) is 0 Å². The fraction of sp³-hybridized carbons (Fsp3) is 0.455. The standard InChI is InChI=1S/C12H19N.C10H12F2/c1-12(2,3)10-6-8-11(9-7-10)13(4)5;1-10(2,3)7-4-8(11)6-9(12)5-7/h6-9H,1-5H3;4-6H,1-3H3. The van der Waals surface area contributed by atoms with Gasteiger partial charge in [-0.2, -0.15) is 0 Å². The van der Waals surface area contributed by atoms with Crippen molar-refractivity contribution in [3.63, 3.8) is 0 Å². The van der Waals surface area contributed by atoms with E-state index in [0.717, 1.165) is 6.07 Å². The minimum Gasteiger partial charge on any atom is -0.378 e. The molecule has 0 atom stereocenters. The number of hydrogen-bond acceptors (Lipinski definition) is 1. The van der Waals surface area contributed by atoms with Crippen molar-refractivity contribution in [3.8, 4) is 0 Å². The van der Waals surface area contributed by atoms with Gasteiger partial charge in [0.05, 0.1) is 0 Å². The second kappa shape index (κ2) is 7.99. The molecule has 0 aromatic heterocycles. The molecule has 0 aliphatic rings. The van der Waals surface area contributed by atoms with Gasteiger partial charge < -0.3 is 4.90 Å². The van der Waals surface area contributed by atoms with Gasteiger partial charge in [-0.05, 0) is 46.2 Å². The fourth-order valence-corrected chi connectivity index (χ4v) is 2.25. The third-order valence-corrected chi connectivity index (χ3v) is 3.98. The summed E-state index contributed by atoms with van der Waals surface area (Å²) in [6.45, 7) is 12.5. The molecule has 0 aliphatic carbocycles. The Bertz CT molecular complexity index is 654. The molecule has 1 nitrogen and oxygen atoms in total. The second-order valence-corrected chi connectivity index (χ2v) is 8.60. The second-order valence-electron chi connectivity index (χ2n) is 8.60. The molecule has 3 heteroatoms. The molecule has 0 aliphatic heterocycles. The van der Waals surface area contributed by atoms with E-state index in [0.29, 0.717) is 5.56 Å². The van der Waals surface area contributed by atoms with Crippen molar-refractivity contribution in [2.24, 2.45) is 0 Å². The molecule has 0 saturated carbocycles. The molecule has 0 spiro atoms. The fourth-order valence-electron chi connectivity index (χ4n) is 2.25. The molecule has 0 bridgehead atoms. The van der Waals surface area contributed by atoms with Crippen LogP contribution in [0.25, 0.3) is 0 Å². The van der Waals surface area contributed by atoms with Gasteiger partial charge in [0.15, 0.2) is 0 Å². The molecule has 0 N–H and O–H groups in total. The number of hydrogen-bond donors (Lipinski definition) is 0. The van der Waals surface area contributed by atoms with Crippen molar-refractivity contribution in [3.05, 3.63) is 65.2 Å². The monoisotopic (exact) mass is 347 g/mol. The van der Waals surface area contributed by atoms with Gasteiger partial charge in [0, 0.05) is 25.8 Å². The van der Waals surface area contributed by atoms with E-state index in [1.807, 2.05) is 20.8 Å². The Morgan fingerprint density at radius 2 is 1.04 bits per heavy atom. The highest BCUT2D eigenvalue weighted by Gasteiger charge is 2.15. The summed E-state index contributed by atoms with van der Waals surface area (Å²) >= 11 is 0. The van der Waals surface area contributed by atoms with E-state index >= 15 is 0 Å². The normalized spacial score (nSPS) is 11.6. The lowest BCUT2D eigenvalue weighted by Gasteiger charge is -2.20. The molecule has 2 aromatic carbocycles. The summed E-state index contributed by atoms with van der Waals surface area (Å²) < 4.78 is 25.4. The van der Waals surface area contributed by atoms with Crippen molar-refractivity contribution < 1.29 is 8.78 Å². The van der Waals surface area contributed by atoms with Crippen LogP contribution >= 0.6 is 0 Å². The minimum absolute atomic E-state index is 0.205. The maximum absolute atomic E-state index is 12.7. The number of nitrogens with zero attached hydrogens (tertiary/aromatic N) is 1. The quantitative estimate of drug-likeness (QED) is 0.584. The molecular weight excluding hydrogens is 316 g/mol. The maximum atomic E-state index is 12.7. The highest BCUT2D eigenvalue weighted by Crippen LogP contribution is 2.24. The number of rotatable bonds is 1. The molecule has 0 radical (unpaired) electrons. The van der Waals surface area contributed by atoms with Crippen LogP contribution in [-0.4, -0.2) is 14.1 Å².